The van der Waals surface area contributed by atoms with Gasteiger partial charge in [-0.1, -0.05) is 13.8 Å². The van der Waals surface area contributed by atoms with Gasteiger partial charge in [0, 0.05) is 25.7 Å². The molecule has 1 atom stereocenters. The zero-order chi connectivity index (χ0) is 15.6. The molecular formula is C15H22N4OS. The Morgan fingerprint density at radius 2 is 2.14 bits per heavy atom. The summed E-state index contributed by atoms with van der Waals surface area (Å²) in [5.41, 5.74) is 1.59. The predicted molar refractivity (Wildman–Crippen MR) is 84.4 cm³/mol. The molecule has 21 heavy (non-hydrogen) atoms. The molecule has 0 unspecified atom stereocenters. The molecule has 0 aliphatic carbocycles. The van der Waals surface area contributed by atoms with Crippen molar-refractivity contribution in [3.63, 3.8) is 0 Å². The van der Waals surface area contributed by atoms with E-state index >= 15 is 0 Å². The largest absolute Gasteiger partial charge is 0.331 e. The summed E-state index contributed by atoms with van der Waals surface area (Å²) in [7, 11) is 3.63. The Balaban J connectivity index is 2.17. The van der Waals surface area contributed by atoms with Crippen LogP contribution in [0, 0.1) is 5.92 Å². The average Bonchev–Trinajstić information content (AvgIpc) is 3.05. The van der Waals surface area contributed by atoms with Crippen LogP contribution in [0.1, 0.15) is 48.0 Å². The summed E-state index contributed by atoms with van der Waals surface area (Å²) in [5, 5.41) is 7.30. The van der Waals surface area contributed by atoms with Crippen molar-refractivity contribution < 1.29 is 4.79 Å². The number of hydrogen-bond acceptors (Lipinski definition) is 4. The smallest absolute Gasteiger partial charge is 0.272 e. The summed E-state index contributed by atoms with van der Waals surface area (Å²) in [6.07, 6.45) is 2.65. The van der Waals surface area contributed by atoms with Crippen LogP contribution in [0.2, 0.25) is 0 Å². The second-order valence-corrected chi connectivity index (χ2v) is 6.63. The lowest BCUT2D eigenvalue weighted by atomic mass is 10.1. The highest BCUT2D eigenvalue weighted by Crippen LogP contribution is 2.22. The number of thiazole rings is 1. The van der Waals surface area contributed by atoms with Gasteiger partial charge in [0.05, 0.1) is 11.7 Å². The Morgan fingerprint density at radius 1 is 1.43 bits per heavy atom. The first-order chi connectivity index (χ1) is 9.90. The molecule has 2 aromatic heterocycles. The van der Waals surface area contributed by atoms with Gasteiger partial charge in [0.15, 0.2) is 0 Å². The van der Waals surface area contributed by atoms with Gasteiger partial charge in [0.1, 0.15) is 10.7 Å². The highest BCUT2D eigenvalue weighted by atomic mass is 32.1. The SMILES string of the molecule is CC(C)Cc1cc(C(=O)N(C)[C@H](C)c2nccs2)n(C)n1. The maximum Gasteiger partial charge on any atom is 0.272 e. The van der Waals surface area contributed by atoms with Crippen LogP contribution in [-0.4, -0.2) is 32.6 Å². The zero-order valence-corrected chi connectivity index (χ0v) is 14.0. The van der Waals surface area contributed by atoms with Crippen LogP contribution in [0.25, 0.3) is 0 Å². The van der Waals surface area contributed by atoms with Gasteiger partial charge >= 0.3 is 0 Å². The Labute approximate surface area is 129 Å². The third-order valence-electron chi connectivity index (χ3n) is 3.48. The van der Waals surface area contributed by atoms with Crippen molar-refractivity contribution in [1.82, 2.24) is 19.7 Å². The highest BCUT2D eigenvalue weighted by Gasteiger charge is 2.23. The van der Waals surface area contributed by atoms with Crippen molar-refractivity contribution in [3.05, 3.63) is 34.0 Å². The molecule has 0 bridgehead atoms. The van der Waals surface area contributed by atoms with Crippen molar-refractivity contribution in [2.75, 3.05) is 7.05 Å². The van der Waals surface area contributed by atoms with Gasteiger partial charge in [-0.2, -0.15) is 5.10 Å². The molecule has 0 fully saturated rings. The van der Waals surface area contributed by atoms with E-state index in [0.717, 1.165) is 17.1 Å². The fraction of sp³-hybridized carbons (Fsp3) is 0.533. The quantitative estimate of drug-likeness (QED) is 0.853. The number of aryl methyl sites for hydroxylation is 1. The van der Waals surface area contributed by atoms with Gasteiger partial charge in [-0.25, -0.2) is 4.98 Å². The molecule has 114 valence electrons. The molecule has 0 spiro atoms. The third kappa shape index (κ3) is 3.50. The predicted octanol–water partition coefficient (Wildman–Crippen LogP) is 2.91. The van der Waals surface area contributed by atoms with Crippen LogP contribution in [0.15, 0.2) is 17.6 Å². The first kappa shape index (κ1) is 15.7. The average molecular weight is 306 g/mol. The standard InChI is InChI=1S/C15H22N4OS/c1-10(2)8-12-9-13(19(5)17-12)15(20)18(4)11(3)14-16-6-7-21-14/h6-7,9-11H,8H2,1-5H3/t11-/m1/s1. The van der Waals surface area contributed by atoms with Gasteiger partial charge in [0.2, 0.25) is 0 Å². The highest BCUT2D eigenvalue weighted by molar-refractivity contribution is 7.09. The molecule has 0 aliphatic rings. The second-order valence-electron chi connectivity index (χ2n) is 5.70. The van der Waals surface area contributed by atoms with Crippen molar-refractivity contribution >= 4 is 17.2 Å². The number of carbonyl (C=O) groups excluding carboxylic acids is 1. The van der Waals surface area contributed by atoms with E-state index in [4.69, 9.17) is 0 Å². The zero-order valence-electron chi connectivity index (χ0n) is 13.2. The molecule has 0 radical (unpaired) electrons. The van der Waals surface area contributed by atoms with E-state index in [1.54, 1.807) is 27.1 Å². The lowest BCUT2D eigenvalue weighted by Gasteiger charge is -2.23. The molecule has 1 amide bonds. The Bertz CT molecular complexity index is 603. The van der Waals surface area contributed by atoms with Crippen LogP contribution >= 0.6 is 11.3 Å². The lowest BCUT2D eigenvalue weighted by Crippen LogP contribution is -2.31. The van der Waals surface area contributed by atoms with Crippen LogP contribution < -0.4 is 0 Å². The topological polar surface area (TPSA) is 51.0 Å². The number of carbonyl (C=O) groups is 1. The first-order valence-electron chi connectivity index (χ1n) is 7.09. The summed E-state index contributed by atoms with van der Waals surface area (Å²) in [6.45, 7) is 6.28. The maximum atomic E-state index is 12.6. The molecule has 0 saturated carbocycles. The van der Waals surface area contributed by atoms with E-state index in [0.29, 0.717) is 11.6 Å². The fourth-order valence-electron chi connectivity index (χ4n) is 2.21. The van der Waals surface area contributed by atoms with E-state index in [1.807, 2.05) is 32.5 Å². The van der Waals surface area contributed by atoms with Gasteiger partial charge in [-0.15, -0.1) is 11.3 Å². The number of amides is 1. The van der Waals surface area contributed by atoms with E-state index in [9.17, 15) is 4.79 Å². The van der Waals surface area contributed by atoms with Crippen molar-refractivity contribution in [1.29, 1.82) is 0 Å². The van der Waals surface area contributed by atoms with Crippen molar-refractivity contribution in [2.45, 2.75) is 33.2 Å². The van der Waals surface area contributed by atoms with Gasteiger partial charge in [-0.05, 0) is 25.3 Å². The number of rotatable bonds is 5. The van der Waals surface area contributed by atoms with E-state index in [2.05, 4.69) is 23.9 Å². The summed E-state index contributed by atoms with van der Waals surface area (Å²) in [4.78, 5) is 18.6. The van der Waals surface area contributed by atoms with Gasteiger partial charge in [0.25, 0.3) is 5.91 Å². The molecule has 0 N–H and O–H groups in total. The van der Waals surface area contributed by atoms with Gasteiger partial charge < -0.3 is 4.90 Å². The summed E-state index contributed by atoms with van der Waals surface area (Å²) in [6, 6.07) is 1.86. The second kappa shape index (κ2) is 6.39. The number of nitrogens with zero attached hydrogens (tertiary/aromatic N) is 4. The minimum atomic E-state index is -0.0408. The van der Waals surface area contributed by atoms with E-state index < -0.39 is 0 Å². The molecule has 0 aliphatic heterocycles. The van der Waals surface area contributed by atoms with Crippen molar-refractivity contribution in [2.24, 2.45) is 13.0 Å². The molecule has 0 saturated heterocycles. The Morgan fingerprint density at radius 3 is 2.71 bits per heavy atom. The minimum absolute atomic E-state index is 0.0253. The first-order valence-corrected chi connectivity index (χ1v) is 7.97. The lowest BCUT2D eigenvalue weighted by molar-refractivity contribution is 0.0731. The van der Waals surface area contributed by atoms with Crippen molar-refractivity contribution in [3.8, 4) is 0 Å². The molecule has 2 aromatic rings. The Kier molecular flexibility index (Phi) is 4.77. The minimum Gasteiger partial charge on any atom is -0.331 e. The Hall–Kier alpha value is -1.69. The molecule has 2 rings (SSSR count). The summed E-state index contributed by atoms with van der Waals surface area (Å²) >= 11 is 1.56. The summed E-state index contributed by atoms with van der Waals surface area (Å²) < 4.78 is 1.67. The van der Waals surface area contributed by atoms with Gasteiger partial charge in [-0.3, -0.25) is 9.48 Å². The maximum absolute atomic E-state index is 12.6. The molecule has 2 heterocycles. The van der Waals surface area contributed by atoms with Crippen LogP contribution in [0.4, 0.5) is 0 Å². The van der Waals surface area contributed by atoms with Crippen LogP contribution in [0.3, 0.4) is 0 Å². The normalized spacial score (nSPS) is 12.7. The molecule has 5 nitrogen and oxygen atoms in total. The molecular weight excluding hydrogens is 284 g/mol. The number of hydrogen-bond donors (Lipinski definition) is 0. The number of aromatic nitrogens is 3. The van der Waals surface area contributed by atoms with Crippen LogP contribution in [-0.2, 0) is 13.5 Å². The van der Waals surface area contributed by atoms with E-state index in [1.165, 1.54) is 0 Å². The monoisotopic (exact) mass is 306 g/mol. The van der Waals surface area contributed by atoms with Crippen LogP contribution in [0.5, 0.6) is 0 Å². The third-order valence-corrected chi connectivity index (χ3v) is 4.42. The molecule has 0 aromatic carbocycles. The fourth-order valence-corrected chi connectivity index (χ4v) is 2.95. The summed E-state index contributed by atoms with van der Waals surface area (Å²) in [5.74, 6) is 0.498. The van der Waals surface area contributed by atoms with E-state index in [-0.39, 0.29) is 11.9 Å². The molecule has 6 heteroatoms.